The number of thiophene rings is 1. The van der Waals surface area contributed by atoms with Crippen LogP contribution in [0.1, 0.15) is 33.7 Å². The van der Waals surface area contributed by atoms with Crippen LogP contribution < -0.4 is 14.8 Å². The molecule has 0 saturated carbocycles. The second-order valence-corrected chi connectivity index (χ2v) is 8.78. The molecule has 0 unspecified atom stereocenters. The molecule has 148 valence electrons. The SMILES string of the molecule is CCc1nc(C)c2c(C)c(C(=O)Nc3nc4cc5c(cc4s3)OCCO5)sc2n1. The minimum absolute atomic E-state index is 0.181. The van der Waals surface area contributed by atoms with Crippen molar-refractivity contribution < 1.29 is 14.3 Å². The van der Waals surface area contributed by atoms with Gasteiger partial charge in [-0.3, -0.25) is 10.1 Å². The van der Waals surface area contributed by atoms with E-state index in [0.29, 0.717) is 34.7 Å². The summed E-state index contributed by atoms with van der Waals surface area (Å²) in [5.41, 5.74) is 2.59. The highest BCUT2D eigenvalue weighted by atomic mass is 32.1. The number of thiazole rings is 1. The Hall–Kier alpha value is -2.78. The van der Waals surface area contributed by atoms with E-state index in [9.17, 15) is 4.79 Å². The van der Waals surface area contributed by atoms with Gasteiger partial charge in [-0.2, -0.15) is 0 Å². The molecule has 0 fully saturated rings. The van der Waals surface area contributed by atoms with Gasteiger partial charge in [-0.1, -0.05) is 18.3 Å². The van der Waals surface area contributed by atoms with Gasteiger partial charge in [-0.25, -0.2) is 15.0 Å². The molecule has 7 nitrogen and oxygen atoms in total. The van der Waals surface area contributed by atoms with E-state index in [2.05, 4.69) is 20.3 Å². The van der Waals surface area contributed by atoms with E-state index in [1.165, 1.54) is 22.7 Å². The summed E-state index contributed by atoms with van der Waals surface area (Å²) < 4.78 is 12.2. The van der Waals surface area contributed by atoms with Crippen molar-refractivity contribution in [1.29, 1.82) is 0 Å². The van der Waals surface area contributed by atoms with Crippen molar-refractivity contribution in [3.05, 3.63) is 34.1 Å². The summed E-state index contributed by atoms with van der Waals surface area (Å²) in [4.78, 5) is 28.1. The van der Waals surface area contributed by atoms with E-state index in [1.54, 1.807) is 0 Å². The fourth-order valence-corrected chi connectivity index (χ4v) is 5.46. The molecule has 9 heteroatoms. The molecule has 0 radical (unpaired) electrons. The first-order valence-electron chi connectivity index (χ1n) is 9.31. The highest BCUT2D eigenvalue weighted by Gasteiger charge is 2.21. The van der Waals surface area contributed by atoms with Crippen LogP contribution in [0.4, 0.5) is 5.13 Å². The van der Waals surface area contributed by atoms with Crippen LogP contribution in [0.15, 0.2) is 12.1 Å². The molecule has 5 rings (SSSR count). The zero-order valence-corrected chi connectivity index (χ0v) is 17.8. The third-order valence-electron chi connectivity index (χ3n) is 4.81. The van der Waals surface area contributed by atoms with Crippen LogP contribution in [0, 0.1) is 13.8 Å². The lowest BCUT2D eigenvalue weighted by atomic mass is 10.1. The first-order valence-corrected chi connectivity index (χ1v) is 10.9. The Kier molecular flexibility index (Phi) is 4.36. The van der Waals surface area contributed by atoms with E-state index < -0.39 is 0 Å². The molecule has 0 atom stereocenters. The van der Waals surface area contributed by atoms with Crippen molar-refractivity contribution in [2.24, 2.45) is 0 Å². The Bertz CT molecular complexity index is 1240. The van der Waals surface area contributed by atoms with Crippen LogP contribution in [-0.2, 0) is 6.42 Å². The topological polar surface area (TPSA) is 86.2 Å². The van der Waals surface area contributed by atoms with E-state index in [4.69, 9.17) is 9.47 Å². The predicted molar refractivity (Wildman–Crippen MR) is 115 cm³/mol. The number of hydrogen-bond acceptors (Lipinski definition) is 8. The minimum Gasteiger partial charge on any atom is -0.486 e. The molecule has 4 aromatic rings. The van der Waals surface area contributed by atoms with Gasteiger partial charge < -0.3 is 9.47 Å². The Labute approximate surface area is 174 Å². The number of anilines is 1. The van der Waals surface area contributed by atoms with Gasteiger partial charge in [0, 0.05) is 29.6 Å². The molecule has 0 saturated heterocycles. The molecule has 1 amide bonds. The van der Waals surface area contributed by atoms with Crippen LogP contribution in [0.3, 0.4) is 0 Å². The Morgan fingerprint density at radius 3 is 2.62 bits per heavy atom. The zero-order valence-electron chi connectivity index (χ0n) is 16.2. The summed E-state index contributed by atoms with van der Waals surface area (Å²) in [6.45, 7) is 6.99. The van der Waals surface area contributed by atoms with Gasteiger partial charge in [-0.05, 0) is 19.4 Å². The van der Waals surface area contributed by atoms with Crippen molar-refractivity contribution in [1.82, 2.24) is 15.0 Å². The number of aromatic nitrogens is 3. The number of amides is 1. The number of rotatable bonds is 3. The van der Waals surface area contributed by atoms with Gasteiger partial charge in [0.1, 0.15) is 23.9 Å². The number of aryl methyl sites for hydroxylation is 3. The second-order valence-electron chi connectivity index (χ2n) is 6.75. The normalized spacial score (nSPS) is 13.2. The van der Waals surface area contributed by atoms with Crippen LogP contribution in [-0.4, -0.2) is 34.1 Å². The van der Waals surface area contributed by atoms with Crippen LogP contribution in [0.5, 0.6) is 11.5 Å². The number of benzene rings is 1. The van der Waals surface area contributed by atoms with Crippen LogP contribution in [0.2, 0.25) is 0 Å². The molecule has 3 aromatic heterocycles. The lowest BCUT2D eigenvalue weighted by molar-refractivity contribution is 0.103. The Morgan fingerprint density at radius 2 is 1.86 bits per heavy atom. The highest BCUT2D eigenvalue weighted by Crippen LogP contribution is 2.38. The van der Waals surface area contributed by atoms with Gasteiger partial charge in [0.2, 0.25) is 0 Å². The Balaban J connectivity index is 1.48. The largest absolute Gasteiger partial charge is 0.486 e. The molecule has 29 heavy (non-hydrogen) atoms. The lowest BCUT2D eigenvalue weighted by Crippen LogP contribution is -2.15. The Morgan fingerprint density at radius 1 is 1.10 bits per heavy atom. The third-order valence-corrected chi connectivity index (χ3v) is 6.93. The molecule has 1 N–H and O–H groups in total. The number of carbonyl (C=O) groups excluding carboxylic acids is 1. The third kappa shape index (κ3) is 3.10. The standard InChI is InChI=1S/C20H18N4O3S2/c1-4-15-21-10(3)16-9(2)17(29-19(16)23-15)18(25)24-20-22-11-7-12-13(8-14(11)28-20)27-6-5-26-12/h7-8H,4-6H2,1-3H3,(H,22,24,25). The van der Waals surface area contributed by atoms with Crippen molar-refractivity contribution in [3.63, 3.8) is 0 Å². The maximum atomic E-state index is 13.0. The fourth-order valence-electron chi connectivity index (χ4n) is 3.44. The molecular weight excluding hydrogens is 408 g/mol. The quantitative estimate of drug-likeness (QED) is 0.519. The van der Waals surface area contributed by atoms with Crippen LogP contribution >= 0.6 is 22.7 Å². The average molecular weight is 427 g/mol. The summed E-state index contributed by atoms with van der Waals surface area (Å²) in [7, 11) is 0. The van der Waals surface area contributed by atoms with E-state index in [0.717, 1.165) is 43.9 Å². The molecule has 0 spiro atoms. The maximum absolute atomic E-state index is 13.0. The van der Waals surface area contributed by atoms with E-state index in [-0.39, 0.29) is 5.91 Å². The molecule has 1 aromatic carbocycles. The number of hydrogen-bond donors (Lipinski definition) is 1. The summed E-state index contributed by atoms with van der Waals surface area (Å²) >= 11 is 2.81. The van der Waals surface area contributed by atoms with Gasteiger partial charge in [0.25, 0.3) is 5.91 Å². The highest BCUT2D eigenvalue weighted by molar-refractivity contribution is 7.23. The van der Waals surface area contributed by atoms with Crippen molar-refractivity contribution in [2.75, 3.05) is 18.5 Å². The lowest BCUT2D eigenvalue weighted by Gasteiger charge is -2.17. The monoisotopic (exact) mass is 426 g/mol. The number of nitrogens with one attached hydrogen (secondary N) is 1. The van der Waals surface area contributed by atoms with Gasteiger partial charge in [0.15, 0.2) is 16.6 Å². The fraction of sp³-hybridized carbons (Fsp3) is 0.300. The second kappa shape index (κ2) is 6.93. The first kappa shape index (κ1) is 18.3. The molecule has 4 heterocycles. The first-order chi connectivity index (χ1) is 14.0. The average Bonchev–Trinajstić information content (AvgIpc) is 3.25. The summed E-state index contributed by atoms with van der Waals surface area (Å²) in [5.74, 6) is 2.02. The van der Waals surface area contributed by atoms with Gasteiger partial charge in [0.05, 0.1) is 15.1 Å². The smallest absolute Gasteiger partial charge is 0.267 e. The number of carbonyl (C=O) groups is 1. The number of fused-ring (bicyclic) bond motifs is 3. The summed E-state index contributed by atoms with van der Waals surface area (Å²) in [6, 6.07) is 3.76. The van der Waals surface area contributed by atoms with E-state index >= 15 is 0 Å². The molecular formula is C20H18N4O3S2. The van der Waals surface area contributed by atoms with Crippen molar-refractivity contribution in [2.45, 2.75) is 27.2 Å². The summed E-state index contributed by atoms with van der Waals surface area (Å²) in [5, 5.41) is 4.44. The number of nitrogens with zero attached hydrogens (tertiary/aromatic N) is 3. The molecule has 0 aliphatic carbocycles. The predicted octanol–water partition coefficient (Wildman–Crippen LogP) is 4.50. The zero-order chi connectivity index (χ0) is 20.1. The van der Waals surface area contributed by atoms with Gasteiger partial charge >= 0.3 is 0 Å². The van der Waals surface area contributed by atoms with Crippen molar-refractivity contribution in [3.8, 4) is 11.5 Å². The van der Waals surface area contributed by atoms with Crippen LogP contribution in [0.25, 0.3) is 20.4 Å². The maximum Gasteiger partial charge on any atom is 0.267 e. The molecule has 0 bridgehead atoms. The molecule has 1 aliphatic heterocycles. The van der Waals surface area contributed by atoms with Crippen molar-refractivity contribution >= 4 is 54.1 Å². The minimum atomic E-state index is -0.181. The number of ether oxygens (including phenoxy) is 2. The van der Waals surface area contributed by atoms with E-state index in [1.807, 2.05) is 32.9 Å². The van der Waals surface area contributed by atoms with Gasteiger partial charge in [-0.15, -0.1) is 11.3 Å². The molecule has 1 aliphatic rings. The summed E-state index contributed by atoms with van der Waals surface area (Å²) in [6.07, 6.45) is 0.762.